The fourth-order valence-corrected chi connectivity index (χ4v) is 4.46. The normalized spacial score (nSPS) is 10.9. The summed E-state index contributed by atoms with van der Waals surface area (Å²) >= 11 is 1.60. The van der Waals surface area contributed by atoms with Crippen molar-refractivity contribution in [2.75, 3.05) is 21.2 Å². The summed E-state index contributed by atoms with van der Waals surface area (Å²) in [6, 6.07) is 21.5. The van der Waals surface area contributed by atoms with E-state index < -0.39 is 0 Å². The third-order valence-corrected chi connectivity index (χ3v) is 6.45. The summed E-state index contributed by atoms with van der Waals surface area (Å²) in [7, 11) is 5.63. The Morgan fingerprint density at radius 2 is 1.80 bits per heavy atom. The number of hydrogen-bond acceptors (Lipinski definition) is 6. The van der Waals surface area contributed by atoms with E-state index in [4.69, 9.17) is 4.74 Å². The molecule has 178 valence electrons. The number of nitrogens with one attached hydrogen (secondary N) is 1. The summed E-state index contributed by atoms with van der Waals surface area (Å²) in [6.07, 6.45) is 3.53. The van der Waals surface area contributed by atoms with E-state index in [9.17, 15) is 4.79 Å². The van der Waals surface area contributed by atoms with Crippen molar-refractivity contribution in [3.63, 3.8) is 0 Å². The van der Waals surface area contributed by atoms with Crippen LogP contribution in [-0.2, 0) is 6.54 Å². The van der Waals surface area contributed by atoms with Crippen molar-refractivity contribution in [2.45, 2.75) is 18.4 Å². The Kier molecular flexibility index (Phi) is 7.80. The molecule has 0 saturated carbocycles. The number of pyridine rings is 2. The molecule has 4 aromatic rings. The highest BCUT2D eigenvalue weighted by Gasteiger charge is 2.12. The van der Waals surface area contributed by atoms with Crippen LogP contribution in [0.25, 0.3) is 22.4 Å². The van der Waals surface area contributed by atoms with Crippen LogP contribution in [0.15, 0.2) is 84.0 Å². The topological polar surface area (TPSA) is 67.3 Å². The highest BCUT2D eigenvalue weighted by Crippen LogP contribution is 2.33. The van der Waals surface area contributed by atoms with Crippen LogP contribution in [0, 0.1) is 6.92 Å². The van der Waals surface area contributed by atoms with Crippen LogP contribution in [0.5, 0.6) is 5.75 Å². The van der Waals surface area contributed by atoms with E-state index in [-0.39, 0.29) is 5.91 Å². The number of rotatable bonds is 8. The van der Waals surface area contributed by atoms with Gasteiger partial charge in [0.2, 0.25) is 0 Å². The number of benzene rings is 2. The van der Waals surface area contributed by atoms with Gasteiger partial charge in [-0.25, -0.2) is 0 Å². The highest BCUT2D eigenvalue weighted by molar-refractivity contribution is 7.97. The zero-order valence-electron chi connectivity index (χ0n) is 20.3. The SMILES string of the molecule is COc1ccc(-c2ccnc(CNC(=O)c3ccc(C)c(SN(C)C)c3)c2)cc1-c1ccccn1. The molecule has 0 aliphatic carbocycles. The molecule has 6 nitrogen and oxygen atoms in total. The number of nitrogens with zero attached hydrogens (tertiary/aromatic N) is 3. The molecule has 0 atom stereocenters. The van der Waals surface area contributed by atoms with Crippen LogP contribution in [-0.4, -0.2) is 41.4 Å². The van der Waals surface area contributed by atoms with E-state index in [0.717, 1.165) is 44.3 Å². The fraction of sp³-hybridized carbons (Fsp3) is 0.179. The maximum atomic E-state index is 12.8. The van der Waals surface area contributed by atoms with E-state index in [1.54, 1.807) is 31.5 Å². The van der Waals surface area contributed by atoms with Gasteiger partial charge in [-0.2, -0.15) is 0 Å². The van der Waals surface area contributed by atoms with Gasteiger partial charge in [-0.3, -0.25) is 19.1 Å². The second-order valence-corrected chi connectivity index (χ2v) is 9.59. The largest absolute Gasteiger partial charge is 0.496 e. The van der Waals surface area contributed by atoms with Crippen LogP contribution in [0.2, 0.25) is 0 Å². The van der Waals surface area contributed by atoms with Crippen molar-refractivity contribution < 1.29 is 9.53 Å². The van der Waals surface area contributed by atoms with Crippen molar-refractivity contribution in [3.05, 3.63) is 95.9 Å². The van der Waals surface area contributed by atoms with Crippen LogP contribution >= 0.6 is 11.9 Å². The molecule has 4 rings (SSSR count). The number of ether oxygens (including phenoxy) is 1. The lowest BCUT2D eigenvalue weighted by molar-refractivity contribution is 0.0950. The van der Waals surface area contributed by atoms with Gasteiger partial charge in [0, 0.05) is 28.4 Å². The number of carbonyl (C=O) groups is 1. The number of aromatic nitrogens is 2. The van der Waals surface area contributed by atoms with Gasteiger partial charge in [-0.1, -0.05) is 18.2 Å². The van der Waals surface area contributed by atoms with Crippen LogP contribution in [0.1, 0.15) is 21.6 Å². The summed E-state index contributed by atoms with van der Waals surface area (Å²) in [5, 5.41) is 3.00. The Bertz CT molecular complexity index is 1330. The van der Waals surface area contributed by atoms with Crippen LogP contribution < -0.4 is 10.1 Å². The summed E-state index contributed by atoms with van der Waals surface area (Å²) in [6.45, 7) is 2.38. The molecule has 0 saturated heterocycles. The number of amides is 1. The molecule has 0 radical (unpaired) electrons. The molecule has 1 N–H and O–H groups in total. The Labute approximate surface area is 210 Å². The third-order valence-electron chi connectivity index (χ3n) is 5.45. The second kappa shape index (κ2) is 11.2. The zero-order valence-corrected chi connectivity index (χ0v) is 21.1. The minimum Gasteiger partial charge on any atom is -0.496 e. The molecule has 0 spiro atoms. The first-order valence-corrected chi connectivity index (χ1v) is 12.0. The second-order valence-electron chi connectivity index (χ2n) is 8.23. The Morgan fingerprint density at radius 1 is 0.971 bits per heavy atom. The molecule has 7 heteroatoms. The molecule has 1 amide bonds. The van der Waals surface area contributed by atoms with Gasteiger partial charge in [0.1, 0.15) is 5.75 Å². The fourth-order valence-electron chi connectivity index (χ4n) is 3.67. The predicted octanol–water partition coefficient (Wildman–Crippen LogP) is 5.63. The minimum absolute atomic E-state index is 0.125. The maximum Gasteiger partial charge on any atom is 0.251 e. The molecule has 0 aliphatic rings. The molecule has 0 unspecified atom stereocenters. The van der Waals surface area contributed by atoms with Crippen molar-refractivity contribution in [1.29, 1.82) is 0 Å². The minimum atomic E-state index is -0.125. The van der Waals surface area contributed by atoms with Gasteiger partial charge < -0.3 is 10.1 Å². The lowest BCUT2D eigenvalue weighted by atomic mass is 10.0. The van der Waals surface area contributed by atoms with Crippen LogP contribution in [0.3, 0.4) is 0 Å². The van der Waals surface area contributed by atoms with E-state index in [1.807, 2.05) is 86.0 Å². The molecular weight excluding hydrogens is 456 g/mol. The number of methoxy groups -OCH3 is 1. The van der Waals surface area contributed by atoms with Crippen LogP contribution in [0.4, 0.5) is 0 Å². The predicted molar refractivity (Wildman–Crippen MR) is 141 cm³/mol. The van der Waals surface area contributed by atoms with E-state index in [1.165, 1.54) is 0 Å². The average Bonchev–Trinajstić information content (AvgIpc) is 2.88. The first-order chi connectivity index (χ1) is 16.9. The summed E-state index contributed by atoms with van der Waals surface area (Å²) in [5.41, 5.74) is 6.33. The smallest absolute Gasteiger partial charge is 0.251 e. The summed E-state index contributed by atoms with van der Waals surface area (Å²) < 4.78 is 7.57. The standard InChI is InChI=1S/C28H28N4O2S/c1-19-8-9-22(17-27(19)35-32(2)3)28(33)31-18-23-15-21(12-14-29-23)20-10-11-26(34-4)24(16-20)25-7-5-6-13-30-25/h5-17H,18H2,1-4H3,(H,31,33). The van der Waals surface area contributed by atoms with Crippen molar-refractivity contribution in [3.8, 4) is 28.1 Å². The van der Waals surface area contributed by atoms with Crippen molar-refractivity contribution in [2.24, 2.45) is 0 Å². The Morgan fingerprint density at radius 3 is 2.54 bits per heavy atom. The molecule has 2 aromatic heterocycles. The monoisotopic (exact) mass is 484 g/mol. The van der Waals surface area contributed by atoms with Crippen molar-refractivity contribution >= 4 is 17.9 Å². The molecule has 0 bridgehead atoms. The Hall–Kier alpha value is -3.68. The van der Waals surface area contributed by atoms with Gasteiger partial charge >= 0.3 is 0 Å². The Balaban J connectivity index is 1.52. The van der Waals surface area contributed by atoms with Gasteiger partial charge in [0.05, 0.1) is 25.0 Å². The first kappa shape index (κ1) is 24.4. The molecule has 0 aliphatic heterocycles. The molecule has 2 aromatic carbocycles. The summed E-state index contributed by atoms with van der Waals surface area (Å²) in [5.74, 6) is 0.638. The van der Waals surface area contributed by atoms with Gasteiger partial charge in [0.15, 0.2) is 0 Å². The third kappa shape index (κ3) is 6.07. The lowest BCUT2D eigenvalue weighted by Crippen LogP contribution is -2.23. The highest BCUT2D eigenvalue weighted by atomic mass is 32.2. The van der Waals surface area contributed by atoms with Crippen molar-refractivity contribution in [1.82, 2.24) is 19.6 Å². The maximum absolute atomic E-state index is 12.8. The van der Waals surface area contributed by atoms with Gasteiger partial charge in [0.25, 0.3) is 5.91 Å². The van der Waals surface area contributed by atoms with E-state index in [0.29, 0.717) is 12.1 Å². The van der Waals surface area contributed by atoms with E-state index in [2.05, 4.69) is 21.4 Å². The molecule has 0 fully saturated rings. The number of carbonyl (C=O) groups excluding carboxylic acids is 1. The molecule has 35 heavy (non-hydrogen) atoms. The zero-order chi connectivity index (χ0) is 24.8. The molecular formula is C28H28N4O2S. The first-order valence-electron chi connectivity index (χ1n) is 11.2. The number of hydrogen-bond donors (Lipinski definition) is 1. The number of aryl methyl sites for hydroxylation is 1. The van der Waals surface area contributed by atoms with Gasteiger partial charge in [-0.05, 0) is 98.2 Å². The summed E-state index contributed by atoms with van der Waals surface area (Å²) in [4.78, 5) is 22.8. The molecule has 2 heterocycles. The average molecular weight is 485 g/mol. The quantitative estimate of drug-likeness (QED) is 0.327. The lowest BCUT2D eigenvalue weighted by Gasteiger charge is -2.13. The van der Waals surface area contributed by atoms with E-state index >= 15 is 0 Å². The van der Waals surface area contributed by atoms with Gasteiger partial charge in [-0.15, -0.1) is 0 Å².